The Morgan fingerprint density at radius 2 is 0.431 bits per heavy atom. The van der Waals surface area contributed by atoms with Crippen LogP contribution in [0.2, 0.25) is 0 Å². The first kappa shape index (κ1) is 159. The number of rotatable bonds is 35. The van der Waals surface area contributed by atoms with Crippen molar-refractivity contribution in [2.75, 3.05) is 164 Å². The van der Waals surface area contributed by atoms with E-state index in [0.717, 1.165) is 127 Å². The number of nitrogens with two attached hydrogens (primary N) is 1. The van der Waals surface area contributed by atoms with Crippen molar-refractivity contribution in [2.45, 2.75) is 594 Å². The van der Waals surface area contributed by atoms with Crippen LogP contribution in [-0.4, -0.2) is 210 Å². The van der Waals surface area contributed by atoms with E-state index < -0.39 is 0 Å². The Morgan fingerprint density at radius 3 is 0.646 bits per heavy atom. The van der Waals surface area contributed by atoms with Crippen LogP contribution in [0.4, 0.5) is 0 Å². The van der Waals surface area contributed by atoms with Gasteiger partial charge in [0, 0.05) is 41.8 Å². The molecular formula is C128H288N16. The number of hydrogen-bond acceptors (Lipinski definition) is 16. The van der Waals surface area contributed by atoms with Gasteiger partial charge in [-0.05, 0) is 421 Å². The Morgan fingerprint density at radius 1 is 0.229 bits per heavy atom. The van der Waals surface area contributed by atoms with Crippen molar-refractivity contribution in [3.05, 3.63) is 0 Å². The van der Waals surface area contributed by atoms with Gasteiger partial charge in [0.15, 0.2) is 0 Å². The molecule has 0 radical (unpaired) electrons. The van der Waals surface area contributed by atoms with Crippen LogP contribution in [0.5, 0.6) is 0 Å². The molecule has 10 fully saturated rings. The van der Waals surface area contributed by atoms with Crippen LogP contribution in [0.3, 0.4) is 0 Å². The molecule has 880 valence electrons. The summed E-state index contributed by atoms with van der Waals surface area (Å²) in [7, 11) is 0. The molecule has 0 aromatic rings. The lowest BCUT2D eigenvalue weighted by Gasteiger charge is -2.40. The van der Waals surface area contributed by atoms with Crippen LogP contribution in [0.1, 0.15) is 552 Å². The summed E-state index contributed by atoms with van der Waals surface area (Å²) in [6.45, 7) is 115. The maximum atomic E-state index is 5.59. The smallest absolute Gasteiger partial charge is 0.0125 e. The zero-order valence-electron chi connectivity index (χ0n) is 107. The molecule has 0 atom stereocenters. The summed E-state index contributed by atoms with van der Waals surface area (Å²) in [5.41, 5.74) is 6.51. The molecule has 0 unspecified atom stereocenters. The van der Waals surface area contributed by atoms with Gasteiger partial charge in [0.05, 0.1) is 0 Å². The average molecular weight is 2050 g/mol. The number of nitrogens with zero attached hydrogens (tertiary/aromatic N) is 1. The van der Waals surface area contributed by atoms with Crippen LogP contribution < -0.4 is 80.2 Å². The summed E-state index contributed by atoms with van der Waals surface area (Å²) in [5, 5.41) is 48.4. The van der Waals surface area contributed by atoms with Crippen LogP contribution >= 0.6 is 0 Å². The average Bonchev–Trinajstić information content (AvgIpc) is 0.867. The second-order valence-electron chi connectivity index (χ2n) is 51.7. The zero-order chi connectivity index (χ0) is 110. The van der Waals surface area contributed by atoms with Gasteiger partial charge in [-0.1, -0.05) is 371 Å². The standard InChI is InChI=1S/C13H28N2.C12H26N2.C11H24N2.C11H23N.C10H21N.C9H20N2.C9H19N.C8H18N2.C8H17N.C5H12N2.8C4H10/c1-2-3-4-5-6-7-10-15-13-8-11-14-12-9-13;1-2-3-4-5-6-9-14-12-7-10-13-11-8-12;1-2-3-4-5-8-13-11-6-9-12-10-7-11;1-2-3-4-5-6-11-7-9-12-10-8-11;1-9-5-7-11(8-6-9)10(2,3)4;1-2-3-6-11-9-4-7-10-8-5-9;1-9(2,3)8-4-6-10-7-5-8;1-2-5-10-8-3-6-9-7-4-8;1-2-3-8-4-6-9-7-5-8;6-5-1-3-7-4-2-5;8*1-4(2)3/h13-15H,2-12H2,1H3;12-14H,2-11H2,1H3;11-13H,2-10H2,1H3;11-12H,2-10H2,1H3;9H,5-8H2,1-4H3;9-11H,2-8H2,1H3;8,10H,4-7H2,1-3H3;8-10H,2-7H2,1H3;8-9H,2-7H2,1H3;5,7H,1-4,6H2;8*4H,1-3H3. The molecule has 0 saturated carbocycles. The number of likely N-dealkylation sites (tertiary alicyclic amines) is 1. The van der Waals surface area contributed by atoms with E-state index in [1.807, 2.05) is 0 Å². The normalized spacial score (nSPS) is 18.2. The second-order valence-corrected chi connectivity index (χ2v) is 51.7. The van der Waals surface area contributed by atoms with Gasteiger partial charge in [0.1, 0.15) is 0 Å². The molecule has 16 nitrogen and oxygen atoms in total. The third-order valence-electron chi connectivity index (χ3n) is 25.2. The number of piperidine rings is 10. The van der Waals surface area contributed by atoms with Gasteiger partial charge in [-0.25, -0.2) is 0 Å². The van der Waals surface area contributed by atoms with Crippen molar-refractivity contribution in [1.29, 1.82) is 0 Å². The summed E-state index contributed by atoms with van der Waals surface area (Å²) in [6.07, 6.45) is 61.4. The predicted molar refractivity (Wildman–Crippen MR) is 665 cm³/mol. The molecule has 0 aliphatic carbocycles. The lowest BCUT2D eigenvalue weighted by molar-refractivity contribution is 0.0916. The van der Waals surface area contributed by atoms with Gasteiger partial charge in [0.25, 0.3) is 0 Å². The first-order chi connectivity index (χ1) is 68.4. The van der Waals surface area contributed by atoms with E-state index in [1.165, 1.54) is 427 Å². The quantitative estimate of drug-likeness (QED) is 0.0267. The first-order valence-electron chi connectivity index (χ1n) is 63.9. The van der Waals surface area contributed by atoms with Crippen LogP contribution in [-0.2, 0) is 0 Å². The lowest BCUT2D eigenvalue weighted by atomic mass is 9.76. The van der Waals surface area contributed by atoms with Gasteiger partial charge < -0.3 is 80.2 Å². The van der Waals surface area contributed by atoms with E-state index >= 15 is 0 Å². The SMILES string of the molecule is CC(C)(C)C1CCNCC1.CC(C)C.CC(C)C.CC(C)C.CC(C)C.CC(C)C.CC(C)C.CC(C)C.CC(C)C.CC1CCN(C(C)(C)C)CC1.CCCC1CCNCC1.CCCCCCC1CCNCC1.CCCCCCCCNC1CCNCC1.CCCCCCCNC1CCNCC1.CCCCCCNC1CCNCC1.CCCCNC1CCNCC1.CCCNC1CCNCC1.NC1CCNCC1. The van der Waals surface area contributed by atoms with Crippen molar-refractivity contribution in [3.8, 4) is 0 Å². The molecule has 0 aromatic carbocycles. The van der Waals surface area contributed by atoms with Crippen molar-refractivity contribution in [3.63, 3.8) is 0 Å². The van der Waals surface area contributed by atoms with E-state index in [4.69, 9.17) is 5.73 Å². The van der Waals surface area contributed by atoms with Crippen molar-refractivity contribution in [2.24, 2.45) is 82.2 Å². The topological polar surface area (TPSA) is 198 Å². The summed E-state index contributed by atoms with van der Waals surface area (Å²) < 4.78 is 0. The third kappa shape index (κ3) is 152. The molecule has 16 N–H and O–H groups in total. The molecule has 10 rings (SSSR count). The van der Waals surface area contributed by atoms with E-state index in [0.29, 0.717) is 17.0 Å². The largest absolute Gasteiger partial charge is 0.328 e. The molecular weight excluding hydrogens is 1760 g/mol. The Labute approximate surface area is 913 Å². The molecule has 0 bridgehead atoms. The van der Waals surface area contributed by atoms with Gasteiger partial charge in [0.2, 0.25) is 0 Å². The highest BCUT2D eigenvalue weighted by Gasteiger charge is 2.27. The zero-order valence-corrected chi connectivity index (χ0v) is 107. The van der Waals surface area contributed by atoms with Crippen molar-refractivity contribution in [1.82, 2.24) is 79.3 Å². The van der Waals surface area contributed by atoms with Crippen LogP contribution in [0.15, 0.2) is 0 Å². The fourth-order valence-corrected chi connectivity index (χ4v) is 16.9. The Hall–Kier alpha value is -0.640. The van der Waals surface area contributed by atoms with Gasteiger partial charge in [-0.3, -0.25) is 4.90 Å². The first-order valence-corrected chi connectivity index (χ1v) is 63.9. The number of nitrogens with one attached hydrogen (secondary N) is 14. The Bertz CT molecular complexity index is 2100. The van der Waals surface area contributed by atoms with Crippen LogP contribution in [0.25, 0.3) is 0 Å². The molecule has 16 heteroatoms. The van der Waals surface area contributed by atoms with Gasteiger partial charge >= 0.3 is 0 Å². The fraction of sp³-hybridized carbons (Fsp3) is 1.00. The minimum absolute atomic E-state index is 0.389. The molecule has 0 spiro atoms. The molecule has 10 heterocycles. The summed E-state index contributed by atoms with van der Waals surface area (Å²) in [4.78, 5) is 2.59. The molecule has 10 aliphatic rings. The maximum absolute atomic E-state index is 5.59. The Kier molecular flexibility index (Phi) is 135. The van der Waals surface area contributed by atoms with Crippen molar-refractivity contribution >= 4 is 0 Å². The molecule has 144 heavy (non-hydrogen) atoms. The highest BCUT2D eigenvalue weighted by molar-refractivity contribution is 4.83. The van der Waals surface area contributed by atoms with Gasteiger partial charge in [-0.2, -0.15) is 0 Å². The van der Waals surface area contributed by atoms with Gasteiger partial charge in [-0.15, -0.1) is 0 Å². The third-order valence-corrected chi connectivity index (χ3v) is 25.2. The molecule has 0 aromatic heterocycles. The number of hydrogen-bond donors (Lipinski definition) is 15. The molecule has 0 amide bonds. The molecule has 10 saturated heterocycles. The Balaban J connectivity index is -0.000000231. The number of unbranched alkanes of at least 4 members (excludes halogenated alkanes) is 16. The second kappa shape index (κ2) is 123. The summed E-state index contributed by atoms with van der Waals surface area (Å²) >= 11 is 0. The molecule has 10 aliphatic heterocycles. The lowest BCUT2D eigenvalue weighted by Crippen LogP contribution is -2.45. The minimum atomic E-state index is 0.389. The van der Waals surface area contributed by atoms with Crippen molar-refractivity contribution < 1.29 is 0 Å². The minimum Gasteiger partial charge on any atom is -0.328 e. The van der Waals surface area contributed by atoms with Crippen LogP contribution in [0, 0.1) is 76.4 Å². The monoisotopic (exact) mass is 2050 g/mol. The summed E-state index contributed by atoms with van der Waals surface area (Å²) in [5.74, 6) is 10.6. The van der Waals surface area contributed by atoms with E-state index in [2.05, 4.69) is 342 Å². The predicted octanol–water partition coefficient (Wildman–Crippen LogP) is 31.0. The highest BCUT2D eigenvalue weighted by atomic mass is 15.2. The van der Waals surface area contributed by atoms with E-state index in [9.17, 15) is 0 Å². The summed E-state index contributed by atoms with van der Waals surface area (Å²) in [6, 6.07) is 4.44. The van der Waals surface area contributed by atoms with E-state index in [-0.39, 0.29) is 0 Å². The fourth-order valence-electron chi connectivity index (χ4n) is 16.9. The highest BCUT2D eigenvalue weighted by Crippen LogP contribution is 2.32. The van der Waals surface area contributed by atoms with E-state index in [1.54, 1.807) is 0 Å². The maximum Gasteiger partial charge on any atom is 0.0125 e.